The average molecular weight is 1820 g/mol. The number of aryl methyl sites for hydroxylation is 2. The summed E-state index contributed by atoms with van der Waals surface area (Å²) < 4.78 is 4.78. The molecular weight excluding hydrogens is 1710 g/mol. The van der Waals surface area contributed by atoms with Crippen LogP contribution in [0.1, 0.15) is 111 Å². The van der Waals surface area contributed by atoms with Crippen molar-refractivity contribution >= 4 is 121 Å². The fraction of sp³-hybridized carbons (Fsp3) is 0.101. The Labute approximate surface area is 829 Å². The van der Waals surface area contributed by atoms with Crippen LogP contribution in [0, 0.1) is 13.8 Å². The molecular formula is C138H104N4. The smallest absolute Gasteiger partial charge is 0.0541 e. The van der Waals surface area contributed by atoms with Gasteiger partial charge in [0.15, 0.2) is 0 Å². The van der Waals surface area contributed by atoms with E-state index in [1.54, 1.807) is 0 Å². The van der Waals surface area contributed by atoms with Crippen molar-refractivity contribution < 1.29 is 0 Å². The molecule has 0 amide bonds. The second-order valence-corrected chi connectivity index (χ2v) is 41.9. The van der Waals surface area contributed by atoms with E-state index in [2.05, 4.69) is 537 Å². The number of hydrogen-bond donors (Lipinski definition) is 0. The highest BCUT2D eigenvalue weighted by molar-refractivity contribution is 6.24. The van der Waals surface area contributed by atoms with E-state index in [1.807, 2.05) is 0 Å². The van der Waals surface area contributed by atoms with Crippen molar-refractivity contribution in [1.82, 2.24) is 9.13 Å². The molecule has 24 aromatic rings. The summed E-state index contributed by atoms with van der Waals surface area (Å²) in [6.07, 6.45) is 0. The molecule has 2 heterocycles. The number of nitrogens with zero attached hydrogens (tertiary/aromatic N) is 4. The molecule has 2 aromatic heterocycles. The van der Waals surface area contributed by atoms with E-state index in [4.69, 9.17) is 0 Å². The lowest BCUT2D eigenvalue weighted by Crippen LogP contribution is -2.16. The van der Waals surface area contributed by atoms with Crippen LogP contribution in [0.15, 0.2) is 449 Å². The van der Waals surface area contributed by atoms with Crippen LogP contribution in [0.4, 0.5) is 34.1 Å². The minimum Gasteiger partial charge on any atom is -0.310 e. The Balaban J connectivity index is 0.000000142. The molecule has 4 nitrogen and oxygen atoms in total. The molecule has 0 saturated carbocycles. The Hall–Kier alpha value is -16.9. The van der Waals surface area contributed by atoms with Gasteiger partial charge >= 0.3 is 0 Å². The monoisotopic (exact) mass is 1820 g/mol. The van der Waals surface area contributed by atoms with Crippen LogP contribution in [-0.2, 0) is 21.7 Å². The molecule has 28 rings (SSSR count). The molecule has 0 aliphatic heterocycles. The maximum absolute atomic E-state index is 2.51. The Morgan fingerprint density at radius 2 is 0.387 bits per heavy atom. The molecule has 0 fully saturated rings. The molecule has 0 saturated heterocycles. The van der Waals surface area contributed by atoms with Crippen molar-refractivity contribution in [2.75, 3.05) is 9.80 Å². The summed E-state index contributed by atoms with van der Waals surface area (Å²) in [5, 5.41) is 15.3. The van der Waals surface area contributed by atoms with Crippen LogP contribution in [0.3, 0.4) is 0 Å². The van der Waals surface area contributed by atoms with Crippen LogP contribution >= 0.6 is 0 Å². The standard InChI is InChI=1S/2C69H52N2/c1-43-27-35-58-59(39-43)67(45-29-36-51-50-19-11-14-24-60(50)68(2,3)61(51)41-45)57-23-10-9-22-56(57)66(58)44-28-37-52-53-38-34-49(42-63(53)69(4,5)62(52)40-44)70(46-17-7-6-8-18-46)47-30-32-48(33-31-47)71-64-25-15-12-20-54(64)55-21-13-16-26-65(55)71;1-43-27-35-58-59(39-43)67(57-23-10-9-22-56(57)66(58)44-28-36-51-50-19-11-14-24-60(50)68(2,3)61(51)40-44)45-29-37-52-53-38-34-49(42-63(53)69(4,5)62(52)41-45)70(46-17-7-6-8-18-46)47-30-32-48(33-31-47)71-64-25-15-12-20-54(64)55-21-13-16-26-65(55)71/h2*6-42H,1-5H3. The maximum atomic E-state index is 2.51. The van der Waals surface area contributed by atoms with Crippen LogP contribution in [0.2, 0.25) is 0 Å². The Morgan fingerprint density at radius 3 is 0.704 bits per heavy atom. The largest absolute Gasteiger partial charge is 0.310 e. The summed E-state index contributed by atoms with van der Waals surface area (Å²) >= 11 is 0. The number of para-hydroxylation sites is 6. The summed E-state index contributed by atoms with van der Waals surface area (Å²) in [6.45, 7) is 23.6. The molecule has 676 valence electrons. The van der Waals surface area contributed by atoms with Crippen LogP contribution in [0.5, 0.6) is 0 Å². The van der Waals surface area contributed by atoms with Crippen molar-refractivity contribution in [2.45, 2.75) is 90.9 Å². The molecule has 0 radical (unpaired) electrons. The highest BCUT2D eigenvalue weighted by Gasteiger charge is 2.42. The van der Waals surface area contributed by atoms with Gasteiger partial charge in [0.25, 0.3) is 0 Å². The first-order valence-electron chi connectivity index (χ1n) is 50.2. The number of anilines is 6. The third kappa shape index (κ3) is 12.8. The van der Waals surface area contributed by atoms with Crippen LogP contribution in [0.25, 0.3) is 187 Å². The van der Waals surface area contributed by atoms with Crippen molar-refractivity contribution in [2.24, 2.45) is 0 Å². The molecule has 4 aliphatic carbocycles. The molecule has 0 unspecified atom stereocenters. The predicted molar refractivity (Wildman–Crippen MR) is 602 cm³/mol. The van der Waals surface area contributed by atoms with Crippen LogP contribution in [-0.4, -0.2) is 9.13 Å². The van der Waals surface area contributed by atoms with Gasteiger partial charge in [-0.2, -0.15) is 0 Å². The third-order valence-corrected chi connectivity index (χ3v) is 32.4. The van der Waals surface area contributed by atoms with Gasteiger partial charge in [-0.25, -0.2) is 0 Å². The van der Waals surface area contributed by atoms with E-state index in [9.17, 15) is 0 Å². The lowest BCUT2D eigenvalue weighted by Gasteiger charge is -2.28. The first kappa shape index (κ1) is 84.4. The Morgan fingerprint density at radius 1 is 0.162 bits per heavy atom. The fourth-order valence-corrected chi connectivity index (χ4v) is 25.5. The fourth-order valence-electron chi connectivity index (χ4n) is 25.5. The predicted octanol–water partition coefficient (Wildman–Crippen LogP) is 37.6. The highest BCUT2D eigenvalue weighted by atomic mass is 15.2. The average Bonchev–Trinajstić information content (AvgIpc) is 1.59. The molecule has 0 spiro atoms. The van der Waals surface area contributed by atoms with E-state index in [1.165, 1.54) is 231 Å². The van der Waals surface area contributed by atoms with Gasteiger partial charge in [-0.1, -0.05) is 370 Å². The quantitative estimate of drug-likeness (QED) is 0.113. The van der Waals surface area contributed by atoms with E-state index < -0.39 is 0 Å². The lowest BCUT2D eigenvalue weighted by molar-refractivity contribution is 0.660. The second kappa shape index (κ2) is 31.8. The van der Waals surface area contributed by atoms with Gasteiger partial charge in [-0.15, -0.1) is 0 Å². The van der Waals surface area contributed by atoms with E-state index in [0.29, 0.717) is 0 Å². The van der Waals surface area contributed by atoms with Gasteiger partial charge in [-0.05, 0) is 336 Å². The summed E-state index contributed by atoms with van der Waals surface area (Å²) in [4.78, 5) is 4.81. The van der Waals surface area contributed by atoms with Gasteiger partial charge in [-0.3, -0.25) is 0 Å². The molecule has 0 bridgehead atoms. The van der Waals surface area contributed by atoms with E-state index >= 15 is 0 Å². The van der Waals surface area contributed by atoms with Crippen molar-refractivity contribution in [3.63, 3.8) is 0 Å². The summed E-state index contributed by atoms with van der Waals surface area (Å²) in [6, 6.07) is 168. The Bertz CT molecular complexity index is 9310. The van der Waals surface area contributed by atoms with E-state index in [0.717, 1.165) is 45.5 Å². The van der Waals surface area contributed by atoms with Crippen molar-refractivity contribution in [3.05, 3.63) is 505 Å². The zero-order valence-corrected chi connectivity index (χ0v) is 81.5. The molecule has 142 heavy (non-hydrogen) atoms. The summed E-state index contributed by atoms with van der Waals surface area (Å²) in [7, 11) is 0. The van der Waals surface area contributed by atoms with Crippen molar-refractivity contribution in [3.8, 4) is 100 Å². The maximum Gasteiger partial charge on any atom is 0.0541 e. The minimum absolute atomic E-state index is 0.0830. The molecule has 4 aliphatic rings. The number of hydrogen-bond acceptors (Lipinski definition) is 2. The molecule has 0 N–H and O–H groups in total. The van der Waals surface area contributed by atoms with Crippen molar-refractivity contribution in [1.29, 1.82) is 0 Å². The molecule has 22 aromatic carbocycles. The molecule has 0 atom stereocenters. The summed E-state index contributed by atoms with van der Waals surface area (Å²) in [5.74, 6) is 0. The highest BCUT2D eigenvalue weighted by Crippen LogP contribution is 2.59. The summed E-state index contributed by atoms with van der Waals surface area (Å²) in [5.41, 5.74) is 47.6. The zero-order valence-electron chi connectivity index (χ0n) is 81.5. The topological polar surface area (TPSA) is 16.3 Å². The van der Waals surface area contributed by atoms with Gasteiger partial charge in [0.2, 0.25) is 0 Å². The Kier molecular flexibility index (Phi) is 18.9. The zero-order chi connectivity index (χ0) is 95.5. The van der Waals surface area contributed by atoms with Gasteiger partial charge in [0, 0.05) is 88.7 Å². The number of benzene rings is 22. The number of rotatable bonds is 12. The lowest BCUT2D eigenvalue weighted by atomic mass is 9.79. The van der Waals surface area contributed by atoms with Gasteiger partial charge in [0.1, 0.15) is 0 Å². The number of fused-ring (bicyclic) bond motifs is 22. The third-order valence-electron chi connectivity index (χ3n) is 32.4. The van der Waals surface area contributed by atoms with E-state index in [-0.39, 0.29) is 21.7 Å². The second-order valence-electron chi connectivity index (χ2n) is 41.9. The van der Waals surface area contributed by atoms with Crippen LogP contribution < -0.4 is 9.80 Å². The number of aromatic nitrogens is 2. The minimum atomic E-state index is -0.254. The van der Waals surface area contributed by atoms with Gasteiger partial charge in [0.05, 0.1) is 22.1 Å². The normalized spacial score (nSPS) is 13.9. The SMILES string of the molecule is Cc1ccc2c(-c3ccc4c(c3)C(C)(C)c3cc(N(c5ccccc5)c5ccc(-n6c7ccccc7c7ccccc76)cc5)ccc3-4)c3ccccc3c(-c3ccc4c(c3)C(C)(C)c3ccccc3-4)c2c1.Cc1ccc2c(-c3ccc4c(c3)C(C)(C)c3ccccc3-4)c3ccccc3c(-c3ccc4c(c3)C(C)(C)c3cc(N(c5ccccc5)c5ccc(-n6c7ccccc7c7ccccc76)cc5)ccc3-4)c2c1. The first-order chi connectivity index (χ1) is 69.3. The van der Waals surface area contributed by atoms with Gasteiger partial charge < -0.3 is 18.9 Å². The first-order valence-corrected chi connectivity index (χ1v) is 50.2. The molecule has 4 heteroatoms.